The zero-order chi connectivity index (χ0) is 9.90. The van der Waals surface area contributed by atoms with E-state index in [0.29, 0.717) is 12.0 Å². The van der Waals surface area contributed by atoms with Crippen molar-refractivity contribution in [1.82, 2.24) is 5.32 Å². The van der Waals surface area contributed by atoms with Crippen LogP contribution in [0.15, 0.2) is 0 Å². The third-order valence-electron chi connectivity index (χ3n) is 2.98. The van der Waals surface area contributed by atoms with Gasteiger partial charge in [0.25, 0.3) is 0 Å². The van der Waals surface area contributed by atoms with Crippen LogP contribution >= 0.6 is 0 Å². The van der Waals surface area contributed by atoms with Crippen LogP contribution in [0, 0.1) is 11.3 Å². The minimum Gasteiger partial charge on any atom is -0.481 e. The van der Waals surface area contributed by atoms with Gasteiger partial charge in [-0.1, -0.05) is 20.3 Å². The minimum atomic E-state index is -0.716. The Morgan fingerprint density at radius 1 is 1.62 bits per heavy atom. The van der Waals surface area contributed by atoms with E-state index in [4.69, 9.17) is 5.11 Å². The molecule has 3 nitrogen and oxygen atoms in total. The molecule has 1 atom stereocenters. The summed E-state index contributed by atoms with van der Waals surface area (Å²) in [6.07, 6.45) is 3.88. The van der Waals surface area contributed by atoms with Crippen molar-refractivity contribution >= 4 is 5.97 Å². The van der Waals surface area contributed by atoms with Gasteiger partial charge < -0.3 is 10.4 Å². The Labute approximate surface area is 79.5 Å². The van der Waals surface area contributed by atoms with Gasteiger partial charge in [-0.25, -0.2) is 0 Å². The number of carboxylic acids is 1. The number of carboxylic acid groups (broad SMARTS) is 1. The van der Waals surface area contributed by atoms with E-state index in [0.717, 1.165) is 6.54 Å². The third kappa shape index (κ3) is 2.99. The predicted octanol–water partition coefficient (Wildman–Crippen LogP) is 1.49. The zero-order valence-corrected chi connectivity index (χ0v) is 8.47. The van der Waals surface area contributed by atoms with Crippen LogP contribution in [0.4, 0.5) is 0 Å². The molecule has 3 heteroatoms. The molecular formula is C10H19NO2. The lowest BCUT2D eigenvalue weighted by molar-refractivity contribution is -0.141. The first-order valence-corrected chi connectivity index (χ1v) is 4.97. The van der Waals surface area contributed by atoms with Gasteiger partial charge in [-0.15, -0.1) is 0 Å². The monoisotopic (exact) mass is 185 g/mol. The lowest BCUT2D eigenvalue weighted by atomic mass is 9.70. The van der Waals surface area contributed by atoms with Gasteiger partial charge in [0, 0.05) is 13.1 Å². The van der Waals surface area contributed by atoms with Crippen LogP contribution in [0.2, 0.25) is 0 Å². The van der Waals surface area contributed by atoms with E-state index in [1.807, 2.05) is 0 Å². The fourth-order valence-corrected chi connectivity index (χ4v) is 1.63. The van der Waals surface area contributed by atoms with Gasteiger partial charge in [0.2, 0.25) is 0 Å². The Hall–Kier alpha value is -0.570. The van der Waals surface area contributed by atoms with Crippen LogP contribution < -0.4 is 5.32 Å². The molecule has 1 fully saturated rings. The van der Waals surface area contributed by atoms with Crippen molar-refractivity contribution in [1.29, 1.82) is 0 Å². The standard InChI is InChI=1S/C10H19NO2/c1-8(9(12)13)6-11-7-10(2)4-3-5-10/h8,11H,3-7H2,1-2H3,(H,12,13). The Morgan fingerprint density at radius 3 is 2.62 bits per heavy atom. The first-order valence-electron chi connectivity index (χ1n) is 4.97. The molecule has 0 radical (unpaired) electrons. The number of hydrogen-bond donors (Lipinski definition) is 2. The highest BCUT2D eigenvalue weighted by molar-refractivity contribution is 5.69. The first kappa shape index (κ1) is 10.5. The van der Waals surface area contributed by atoms with Crippen molar-refractivity contribution in [2.24, 2.45) is 11.3 Å². The molecule has 1 saturated carbocycles. The summed E-state index contributed by atoms with van der Waals surface area (Å²) in [5, 5.41) is 11.9. The molecule has 0 aliphatic heterocycles. The minimum absolute atomic E-state index is 0.274. The smallest absolute Gasteiger partial charge is 0.307 e. The summed E-state index contributed by atoms with van der Waals surface area (Å²) in [5.74, 6) is -0.991. The molecule has 76 valence electrons. The van der Waals surface area contributed by atoms with Crippen LogP contribution in [0.25, 0.3) is 0 Å². The van der Waals surface area contributed by atoms with Gasteiger partial charge in [0.05, 0.1) is 5.92 Å². The fraction of sp³-hybridized carbons (Fsp3) is 0.900. The SMILES string of the molecule is CC(CNCC1(C)CCC1)C(=O)O. The molecule has 1 unspecified atom stereocenters. The highest BCUT2D eigenvalue weighted by Gasteiger charge is 2.31. The van der Waals surface area contributed by atoms with Crippen molar-refractivity contribution in [2.75, 3.05) is 13.1 Å². The number of nitrogens with one attached hydrogen (secondary N) is 1. The van der Waals surface area contributed by atoms with Crippen LogP contribution in [0.3, 0.4) is 0 Å². The Bertz CT molecular complexity index is 187. The summed E-state index contributed by atoms with van der Waals surface area (Å²) in [5.41, 5.74) is 0.443. The number of hydrogen-bond acceptors (Lipinski definition) is 2. The molecule has 0 aromatic carbocycles. The van der Waals surface area contributed by atoms with Crippen LogP contribution in [0.5, 0.6) is 0 Å². The summed E-state index contributed by atoms with van der Waals surface area (Å²) in [4.78, 5) is 10.5. The Balaban J connectivity index is 2.10. The van der Waals surface area contributed by atoms with E-state index in [1.54, 1.807) is 6.92 Å². The predicted molar refractivity (Wildman–Crippen MR) is 51.6 cm³/mol. The Morgan fingerprint density at radius 2 is 2.23 bits per heavy atom. The highest BCUT2D eigenvalue weighted by Crippen LogP contribution is 2.39. The van der Waals surface area contributed by atoms with Gasteiger partial charge in [0.15, 0.2) is 0 Å². The van der Waals surface area contributed by atoms with Gasteiger partial charge in [-0.05, 0) is 18.3 Å². The third-order valence-corrected chi connectivity index (χ3v) is 2.98. The second kappa shape index (κ2) is 4.09. The van der Waals surface area contributed by atoms with E-state index in [9.17, 15) is 4.79 Å². The quantitative estimate of drug-likeness (QED) is 0.682. The Kier molecular flexibility index (Phi) is 3.31. The second-order valence-electron chi connectivity index (χ2n) is 4.53. The number of rotatable bonds is 5. The molecule has 1 aliphatic rings. The van der Waals surface area contributed by atoms with E-state index >= 15 is 0 Å². The first-order chi connectivity index (χ1) is 6.03. The molecule has 0 amide bonds. The largest absolute Gasteiger partial charge is 0.481 e. The number of aliphatic carboxylic acids is 1. The van der Waals surface area contributed by atoms with Crippen LogP contribution in [0.1, 0.15) is 33.1 Å². The number of carbonyl (C=O) groups is 1. The summed E-state index contributed by atoms with van der Waals surface area (Å²) >= 11 is 0. The molecule has 0 aromatic heterocycles. The van der Waals surface area contributed by atoms with E-state index in [2.05, 4.69) is 12.2 Å². The van der Waals surface area contributed by atoms with E-state index < -0.39 is 5.97 Å². The molecule has 0 saturated heterocycles. The molecule has 13 heavy (non-hydrogen) atoms. The maximum Gasteiger partial charge on any atom is 0.307 e. The van der Waals surface area contributed by atoms with Crippen molar-refractivity contribution in [3.63, 3.8) is 0 Å². The van der Waals surface area contributed by atoms with Gasteiger partial charge in [-0.3, -0.25) is 4.79 Å². The van der Waals surface area contributed by atoms with Crippen LogP contribution in [-0.4, -0.2) is 24.2 Å². The van der Waals surface area contributed by atoms with Crippen molar-refractivity contribution in [3.05, 3.63) is 0 Å². The van der Waals surface area contributed by atoms with Crippen molar-refractivity contribution in [3.8, 4) is 0 Å². The normalized spacial score (nSPS) is 22.0. The molecule has 1 aliphatic carbocycles. The summed E-state index contributed by atoms with van der Waals surface area (Å²) in [6, 6.07) is 0. The average molecular weight is 185 g/mol. The van der Waals surface area contributed by atoms with Crippen molar-refractivity contribution < 1.29 is 9.90 Å². The molecular weight excluding hydrogens is 166 g/mol. The zero-order valence-electron chi connectivity index (χ0n) is 8.47. The average Bonchev–Trinajstić information content (AvgIpc) is 2.01. The lowest BCUT2D eigenvalue weighted by Gasteiger charge is -2.38. The fourth-order valence-electron chi connectivity index (χ4n) is 1.63. The second-order valence-corrected chi connectivity index (χ2v) is 4.53. The molecule has 0 bridgehead atoms. The lowest BCUT2D eigenvalue weighted by Crippen LogP contribution is -2.39. The van der Waals surface area contributed by atoms with E-state index in [1.165, 1.54) is 19.3 Å². The highest BCUT2D eigenvalue weighted by atomic mass is 16.4. The van der Waals surface area contributed by atoms with Crippen molar-refractivity contribution in [2.45, 2.75) is 33.1 Å². The maximum atomic E-state index is 10.5. The van der Waals surface area contributed by atoms with Crippen LogP contribution in [-0.2, 0) is 4.79 Å². The molecule has 2 N–H and O–H groups in total. The molecule has 0 spiro atoms. The summed E-state index contributed by atoms with van der Waals surface area (Å²) in [6.45, 7) is 5.54. The topological polar surface area (TPSA) is 49.3 Å². The maximum absolute atomic E-state index is 10.5. The molecule has 1 rings (SSSR count). The van der Waals surface area contributed by atoms with Gasteiger partial charge in [-0.2, -0.15) is 0 Å². The summed E-state index contributed by atoms with van der Waals surface area (Å²) < 4.78 is 0. The summed E-state index contributed by atoms with van der Waals surface area (Å²) in [7, 11) is 0. The van der Waals surface area contributed by atoms with Gasteiger partial charge in [0.1, 0.15) is 0 Å². The molecule has 0 heterocycles. The molecule has 0 aromatic rings. The van der Waals surface area contributed by atoms with Gasteiger partial charge >= 0.3 is 5.97 Å². The van der Waals surface area contributed by atoms with E-state index in [-0.39, 0.29) is 5.92 Å².